The lowest BCUT2D eigenvalue weighted by Gasteiger charge is -2.23. The van der Waals surface area contributed by atoms with Gasteiger partial charge in [0.1, 0.15) is 0 Å². The summed E-state index contributed by atoms with van der Waals surface area (Å²) in [7, 11) is 0. The highest BCUT2D eigenvalue weighted by molar-refractivity contribution is 6.30. The van der Waals surface area contributed by atoms with Crippen molar-refractivity contribution in [1.82, 2.24) is 5.32 Å². The molecule has 8 heteroatoms. The molecular formula is C21H22ClN3O4. The van der Waals surface area contributed by atoms with Crippen LogP contribution in [0.4, 0.5) is 10.5 Å². The molecule has 7 nitrogen and oxygen atoms in total. The SMILES string of the molecule is C[C@@H](OC(=O)C[C@@H](NC(N)=O)c1ccc(Cl)cc1)C(=O)N1CCc2ccccc21. The van der Waals surface area contributed by atoms with E-state index in [4.69, 9.17) is 22.1 Å². The van der Waals surface area contributed by atoms with Crippen LogP contribution < -0.4 is 16.0 Å². The van der Waals surface area contributed by atoms with E-state index >= 15 is 0 Å². The van der Waals surface area contributed by atoms with Gasteiger partial charge in [-0.2, -0.15) is 0 Å². The van der Waals surface area contributed by atoms with Gasteiger partial charge in [0.25, 0.3) is 5.91 Å². The Hall–Kier alpha value is -3.06. The number of nitrogens with zero attached hydrogens (tertiary/aromatic N) is 1. The van der Waals surface area contributed by atoms with Gasteiger partial charge in [-0.15, -0.1) is 0 Å². The second-order valence-electron chi connectivity index (χ2n) is 6.82. The number of primary amides is 1. The molecule has 0 saturated heterocycles. The molecule has 0 unspecified atom stereocenters. The predicted molar refractivity (Wildman–Crippen MR) is 110 cm³/mol. The van der Waals surface area contributed by atoms with Crippen LogP contribution in [0.1, 0.15) is 30.5 Å². The van der Waals surface area contributed by atoms with E-state index in [1.165, 1.54) is 0 Å². The number of carbonyl (C=O) groups is 3. The Labute approximate surface area is 173 Å². The molecule has 3 N–H and O–H groups in total. The van der Waals surface area contributed by atoms with Gasteiger partial charge in [-0.3, -0.25) is 9.59 Å². The number of anilines is 1. The van der Waals surface area contributed by atoms with Crippen molar-refractivity contribution in [3.05, 3.63) is 64.7 Å². The Morgan fingerprint density at radius 2 is 1.86 bits per heavy atom. The Morgan fingerprint density at radius 1 is 1.17 bits per heavy atom. The van der Waals surface area contributed by atoms with Crippen molar-refractivity contribution < 1.29 is 19.1 Å². The molecule has 0 saturated carbocycles. The normalized spacial score (nSPS) is 14.6. The highest BCUT2D eigenvalue weighted by Crippen LogP contribution is 2.28. The quantitative estimate of drug-likeness (QED) is 0.708. The van der Waals surface area contributed by atoms with E-state index in [9.17, 15) is 14.4 Å². The van der Waals surface area contributed by atoms with Gasteiger partial charge >= 0.3 is 12.0 Å². The zero-order chi connectivity index (χ0) is 21.0. The van der Waals surface area contributed by atoms with Crippen molar-refractivity contribution in [2.75, 3.05) is 11.4 Å². The molecule has 29 heavy (non-hydrogen) atoms. The first kappa shape index (κ1) is 20.7. The molecule has 0 aliphatic carbocycles. The average molecular weight is 416 g/mol. The number of halogens is 1. The van der Waals surface area contributed by atoms with Crippen LogP contribution in [0.15, 0.2) is 48.5 Å². The van der Waals surface area contributed by atoms with Crippen molar-refractivity contribution in [2.45, 2.75) is 31.9 Å². The van der Waals surface area contributed by atoms with E-state index in [0.717, 1.165) is 17.7 Å². The Kier molecular flexibility index (Phi) is 6.39. The van der Waals surface area contributed by atoms with Crippen LogP contribution in [0.3, 0.4) is 0 Å². The van der Waals surface area contributed by atoms with Crippen molar-refractivity contribution in [3.8, 4) is 0 Å². The molecule has 1 heterocycles. The molecule has 3 rings (SSSR count). The number of hydrogen-bond acceptors (Lipinski definition) is 4. The number of benzene rings is 2. The van der Waals surface area contributed by atoms with Gasteiger partial charge in [-0.1, -0.05) is 41.9 Å². The summed E-state index contributed by atoms with van der Waals surface area (Å²) in [4.78, 5) is 38.2. The third-order valence-electron chi connectivity index (χ3n) is 4.77. The summed E-state index contributed by atoms with van der Waals surface area (Å²) in [6.45, 7) is 2.09. The lowest BCUT2D eigenvalue weighted by molar-refractivity contribution is -0.154. The van der Waals surface area contributed by atoms with Crippen LogP contribution in [-0.4, -0.2) is 30.6 Å². The standard InChI is InChI=1S/C21H22ClN3O4/c1-13(20(27)25-11-10-15-4-2-3-5-18(15)25)29-19(26)12-17(24-21(23)28)14-6-8-16(22)9-7-14/h2-9,13,17H,10-12H2,1H3,(H3,23,24,28)/t13-,17-/m1/s1. The first-order valence-corrected chi connectivity index (χ1v) is 9.63. The number of hydrogen-bond donors (Lipinski definition) is 2. The average Bonchev–Trinajstić information content (AvgIpc) is 3.11. The third kappa shape index (κ3) is 5.06. The van der Waals surface area contributed by atoms with Crippen LogP contribution >= 0.6 is 11.6 Å². The Balaban J connectivity index is 1.64. The minimum atomic E-state index is -0.951. The van der Waals surface area contributed by atoms with Crippen LogP contribution in [0.25, 0.3) is 0 Å². The van der Waals surface area contributed by atoms with Crippen molar-refractivity contribution >= 4 is 35.2 Å². The zero-order valence-corrected chi connectivity index (χ0v) is 16.7. The minimum absolute atomic E-state index is 0.168. The number of urea groups is 1. The molecular weight excluding hydrogens is 394 g/mol. The van der Waals surface area contributed by atoms with Gasteiger partial charge in [0.2, 0.25) is 0 Å². The number of rotatable bonds is 6. The first-order valence-electron chi connectivity index (χ1n) is 9.25. The summed E-state index contributed by atoms with van der Waals surface area (Å²) in [5.74, 6) is -0.902. The Bertz CT molecular complexity index is 916. The number of carbonyl (C=O) groups excluding carboxylic acids is 3. The number of nitrogens with two attached hydrogens (primary N) is 1. The smallest absolute Gasteiger partial charge is 0.312 e. The van der Waals surface area contributed by atoms with E-state index in [1.54, 1.807) is 36.1 Å². The summed E-state index contributed by atoms with van der Waals surface area (Å²) in [5.41, 5.74) is 7.81. The van der Waals surface area contributed by atoms with E-state index in [1.807, 2.05) is 24.3 Å². The molecule has 0 radical (unpaired) electrons. The van der Waals surface area contributed by atoms with Gasteiger partial charge in [-0.25, -0.2) is 4.79 Å². The van der Waals surface area contributed by atoms with Gasteiger partial charge in [0.05, 0.1) is 12.5 Å². The summed E-state index contributed by atoms with van der Waals surface area (Å²) in [6.07, 6.45) is -0.351. The molecule has 0 spiro atoms. The molecule has 1 aliphatic heterocycles. The maximum absolute atomic E-state index is 12.8. The molecule has 3 amide bonds. The van der Waals surface area contributed by atoms with E-state index in [0.29, 0.717) is 17.1 Å². The van der Waals surface area contributed by atoms with Crippen molar-refractivity contribution in [3.63, 3.8) is 0 Å². The molecule has 1 aliphatic rings. The second kappa shape index (κ2) is 8.96. The lowest BCUT2D eigenvalue weighted by atomic mass is 10.0. The molecule has 2 atom stereocenters. The molecule has 0 fully saturated rings. The number of fused-ring (bicyclic) bond motifs is 1. The number of esters is 1. The number of para-hydroxylation sites is 1. The monoisotopic (exact) mass is 415 g/mol. The lowest BCUT2D eigenvalue weighted by Crippen LogP contribution is -2.40. The summed E-state index contributed by atoms with van der Waals surface area (Å²) in [5, 5.41) is 3.04. The maximum Gasteiger partial charge on any atom is 0.312 e. The van der Waals surface area contributed by atoms with Gasteiger partial charge < -0.3 is 20.7 Å². The van der Waals surface area contributed by atoms with Crippen molar-refractivity contribution in [1.29, 1.82) is 0 Å². The molecule has 2 aromatic rings. The largest absolute Gasteiger partial charge is 0.452 e. The number of ether oxygens (including phenoxy) is 1. The fourth-order valence-electron chi connectivity index (χ4n) is 3.37. The predicted octanol–water partition coefficient (Wildman–Crippen LogP) is 2.96. The van der Waals surface area contributed by atoms with Gasteiger partial charge in [0, 0.05) is 17.3 Å². The zero-order valence-electron chi connectivity index (χ0n) is 15.9. The first-order chi connectivity index (χ1) is 13.8. The molecule has 0 bridgehead atoms. The molecule has 0 aromatic heterocycles. The number of nitrogens with one attached hydrogen (secondary N) is 1. The fraction of sp³-hybridized carbons (Fsp3) is 0.286. The van der Waals surface area contributed by atoms with Crippen LogP contribution in [0.5, 0.6) is 0 Å². The van der Waals surface area contributed by atoms with Crippen LogP contribution in [0, 0.1) is 0 Å². The second-order valence-corrected chi connectivity index (χ2v) is 7.25. The maximum atomic E-state index is 12.8. The topological polar surface area (TPSA) is 102 Å². The van der Waals surface area contributed by atoms with Gasteiger partial charge in [0.15, 0.2) is 6.10 Å². The highest BCUT2D eigenvalue weighted by atomic mass is 35.5. The summed E-state index contributed by atoms with van der Waals surface area (Å²) >= 11 is 5.88. The minimum Gasteiger partial charge on any atom is -0.452 e. The summed E-state index contributed by atoms with van der Waals surface area (Å²) < 4.78 is 5.35. The molecule has 152 valence electrons. The highest BCUT2D eigenvalue weighted by Gasteiger charge is 2.30. The van der Waals surface area contributed by atoms with Crippen molar-refractivity contribution in [2.24, 2.45) is 5.73 Å². The van der Waals surface area contributed by atoms with Gasteiger partial charge in [-0.05, 0) is 42.7 Å². The van der Waals surface area contributed by atoms with E-state index < -0.39 is 24.1 Å². The van der Waals surface area contributed by atoms with E-state index in [-0.39, 0.29) is 12.3 Å². The third-order valence-corrected chi connectivity index (χ3v) is 5.02. The van der Waals surface area contributed by atoms with E-state index in [2.05, 4.69) is 5.32 Å². The summed E-state index contributed by atoms with van der Waals surface area (Å²) in [6, 6.07) is 12.9. The number of amides is 3. The van der Waals surface area contributed by atoms with Crippen LogP contribution in [0.2, 0.25) is 5.02 Å². The Morgan fingerprint density at radius 3 is 2.55 bits per heavy atom. The fourth-order valence-corrected chi connectivity index (χ4v) is 3.49. The van der Waals surface area contributed by atoms with Crippen LogP contribution in [-0.2, 0) is 20.7 Å². The molecule has 2 aromatic carbocycles.